The highest BCUT2D eigenvalue weighted by Gasteiger charge is 2.28. The van der Waals surface area contributed by atoms with Crippen LogP contribution in [-0.4, -0.2) is 31.9 Å². The van der Waals surface area contributed by atoms with E-state index < -0.39 is 0 Å². The Morgan fingerprint density at radius 1 is 1.23 bits per heavy atom. The fourth-order valence-electron chi connectivity index (χ4n) is 3.80. The van der Waals surface area contributed by atoms with Gasteiger partial charge in [-0.3, -0.25) is 4.79 Å². The monoisotopic (exact) mass is 357 g/mol. The highest BCUT2D eigenvalue weighted by Crippen LogP contribution is 2.31. The summed E-state index contributed by atoms with van der Waals surface area (Å²) < 4.78 is 2.32. The molecular weight excluding hydrogens is 326 g/mol. The Bertz CT molecular complexity index is 821. The number of aryl methyl sites for hydroxylation is 1. The van der Waals surface area contributed by atoms with Gasteiger partial charge in [0.25, 0.3) is 0 Å². The van der Waals surface area contributed by atoms with Gasteiger partial charge in [0.05, 0.1) is 11.2 Å². The van der Waals surface area contributed by atoms with Crippen molar-refractivity contribution >= 4 is 22.8 Å². The van der Waals surface area contributed by atoms with Crippen molar-refractivity contribution in [3.63, 3.8) is 0 Å². The lowest BCUT2D eigenvalue weighted by Gasteiger charge is -2.30. The summed E-state index contributed by atoms with van der Waals surface area (Å²) in [6.45, 7) is 12.7. The molecule has 3 heterocycles. The zero-order valence-corrected chi connectivity index (χ0v) is 16.7. The van der Waals surface area contributed by atoms with Crippen molar-refractivity contribution in [3.8, 4) is 0 Å². The third-order valence-electron chi connectivity index (χ3n) is 4.97. The molecule has 0 aliphatic carbocycles. The summed E-state index contributed by atoms with van der Waals surface area (Å²) in [7, 11) is 0. The van der Waals surface area contributed by atoms with Gasteiger partial charge in [-0.25, -0.2) is 9.97 Å². The van der Waals surface area contributed by atoms with Gasteiger partial charge < -0.3 is 15.2 Å². The van der Waals surface area contributed by atoms with Crippen LogP contribution in [0.3, 0.4) is 0 Å². The molecule has 1 aliphatic rings. The number of nitrogen functional groups attached to an aromatic ring is 1. The third-order valence-corrected chi connectivity index (χ3v) is 4.97. The van der Waals surface area contributed by atoms with Crippen molar-refractivity contribution in [2.75, 3.05) is 12.3 Å². The van der Waals surface area contributed by atoms with Crippen molar-refractivity contribution in [1.82, 2.24) is 19.4 Å². The Morgan fingerprint density at radius 2 is 1.96 bits per heavy atom. The van der Waals surface area contributed by atoms with Gasteiger partial charge in [0.1, 0.15) is 11.3 Å². The van der Waals surface area contributed by atoms with Crippen molar-refractivity contribution in [2.45, 2.75) is 67.0 Å². The van der Waals surface area contributed by atoms with E-state index in [2.05, 4.69) is 30.3 Å². The summed E-state index contributed by atoms with van der Waals surface area (Å²) in [6, 6.07) is 0. The minimum atomic E-state index is 0.00464. The molecule has 0 unspecified atom stereocenters. The smallest absolute Gasteiger partial charge is 0.225 e. The van der Waals surface area contributed by atoms with Gasteiger partial charge in [0, 0.05) is 44.0 Å². The number of hydrogen-bond acceptors (Lipinski definition) is 4. The van der Waals surface area contributed by atoms with E-state index in [0.29, 0.717) is 24.8 Å². The first kappa shape index (κ1) is 18.7. The molecule has 0 spiro atoms. The SMILES string of the molecule is CCCc1nc2c(N)nc3c(c2n1CC(C)C)CN(C(=O)C(C)C)CC3. The summed E-state index contributed by atoms with van der Waals surface area (Å²) in [5.74, 6) is 2.30. The number of anilines is 1. The second kappa shape index (κ2) is 7.25. The first-order valence-electron chi connectivity index (χ1n) is 9.78. The Kier molecular flexibility index (Phi) is 5.21. The fraction of sp³-hybridized carbons (Fsp3) is 0.650. The van der Waals surface area contributed by atoms with Gasteiger partial charge in [-0.05, 0) is 12.3 Å². The van der Waals surface area contributed by atoms with Crippen LogP contribution in [0.1, 0.15) is 58.1 Å². The second-order valence-corrected chi connectivity index (χ2v) is 8.07. The number of fused-ring (bicyclic) bond motifs is 3. The van der Waals surface area contributed by atoms with Gasteiger partial charge in [-0.2, -0.15) is 0 Å². The summed E-state index contributed by atoms with van der Waals surface area (Å²) in [5.41, 5.74) is 10.3. The molecular formula is C20H31N5O. The van der Waals surface area contributed by atoms with Crippen LogP contribution >= 0.6 is 0 Å². The molecule has 0 saturated heterocycles. The summed E-state index contributed by atoms with van der Waals surface area (Å²) in [4.78, 5) is 24.0. The number of rotatable bonds is 5. The third kappa shape index (κ3) is 3.29. The lowest BCUT2D eigenvalue weighted by Crippen LogP contribution is -2.39. The van der Waals surface area contributed by atoms with Crippen LogP contribution in [0, 0.1) is 11.8 Å². The van der Waals surface area contributed by atoms with E-state index in [-0.39, 0.29) is 11.8 Å². The molecule has 142 valence electrons. The molecule has 1 amide bonds. The number of hydrogen-bond donors (Lipinski definition) is 1. The number of amides is 1. The average molecular weight is 358 g/mol. The molecule has 0 radical (unpaired) electrons. The average Bonchev–Trinajstić information content (AvgIpc) is 2.93. The minimum Gasteiger partial charge on any atom is -0.382 e. The number of carbonyl (C=O) groups excluding carboxylic acids is 1. The Morgan fingerprint density at radius 3 is 2.58 bits per heavy atom. The van der Waals surface area contributed by atoms with Crippen molar-refractivity contribution in [1.29, 1.82) is 0 Å². The number of aromatic nitrogens is 3. The van der Waals surface area contributed by atoms with Crippen molar-refractivity contribution in [2.24, 2.45) is 11.8 Å². The predicted octanol–water partition coefficient (Wildman–Crippen LogP) is 3.16. The quantitative estimate of drug-likeness (QED) is 0.892. The van der Waals surface area contributed by atoms with Crippen LogP contribution in [0.5, 0.6) is 0 Å². The van der Waals surface area contributed by atoms with E-state index in [9.17, 15) is 4.79 Å². The Labute approximate surface area is 155 Å². The van der Waals surface area contributed by atoms with Gasteiger partial charge in [-0.1, -0.05) is 34.6 Å². The molecule has 2 N–H and O–H groups in total. The van der Waals surface area contributed by atoms with Crippen LogP contribution in [-0.2, 0) is 30.7 Å². The molecule has 0 atom stereocenters. The molecule has 0 fully saturated rings. The summed E-state index contributed by atoms with van der Waals surface area (Å²) in [5, 5.41) is 0. The van der Waals surface area contributed by atoms with Crippen LogP contribution in [0.15, 0.2) is 0 Å². The van der Waals surface area contributed by atoms with Crippen LogP contribution in [0.4, 0.5) is 5.82 Å². The molecule has 6 heteroatoms. The summed E-state index contributed by atoms with van der Waals surface area (Å²) >= 11 is 0. The van der Waals surface area contributed by atoms with Gasteiger partial charge in [-0.15, -0.1) is 0 Å². The zero-order chi connectivity index (χ0) is 19.0. The maximum Gasteiger partial charge on any atom is 0.225 e. The van der Waals surface area contributed by atoms with Gasteiger partial charge in [0.2, 0.25) is 5.91 Å². The van der Waals surface area contributed by atoms with Crippen LogP contribution in [0.2, 0.25) is 0 Å². The minimum absolute atomic E-state index is 0.00464. The highest BCUT2D eigenvalue weighted by molar-refractivity contribution is 5.89. The predicted molar refractivity (Wildman–Crippen MR) is 105 cm³/mol. The number of pyridine rings is 1. The molecule has 2 aromatic heterocycles. The molecule has 3 rings (SSSR count). The standard InChI is InChI=1S/C20H31N5O/c1-6-7-16-23-17-18(25(16)10-12(2)3)14-11-24(20(26)13(4)5)9-8-15(14)22-19(17)21/h12-13H,6-11H2,1-5H3,(H2,21,22). The first-order valence-corrected chi connectivity index (χ1v) is 9.78. The van der Waals surface area contributed by atoms with Gasteiger partial charge >= 0.3 is 0 Å². The number of imidazole rings is 1. The summed E-state index contributed by atoms with van der Waals surface area (Å²) in [6.07, 6.45) is 2.71. The van der Waals surface area contributed by atoms with Crippen LogP contribution in [0.25, 0.3) is 11.0 Å². The topological polar surface area (TPSA) is 77.0 Å². The fourth-order valence-corrected chi connectivity index (χ4v) is 3.80. The molecule has 26 heavy (non-hydrogen) atoms. The van der Waals surface area contributed by atoms with E-state index in [1.807, 2.05) is 18.7 Å². The zero-order valence-electron chi connectivity index (χ0n) is 16.7. The van der Waals surface area contributed by atoms with E-state index in [1.54, 1.807) is 0 Å². The van der Waals surface area contributed by atoms with E-state index in [4.69, 9.17) is 10.7 Å². The van der Waals surface area contributed by atoms with Crippen LogP contribution < -0.4 is 5.73 Å². The lowest BCUT2D eigenvalue weighted by atomic mass is 10.0. The molecule has 0 aromatic carbocycles. The Hall–Kier alpha value is -2.11. The molecule has 0 saturated carbocycles. The largest absolute Gasteiger partial charge is 0.382 e. The normalized spacial score (nSPS) is 14.5. The van der Waals surface area contributed by atoms with Crippen molar-refractivity contribution in [3.05, 3.63) is 17.1 Å². The van der Waals surface area contributed by atoms with E-state index in [0.717, 1.165) is 53.9 Å². The molecule has 6 nitrogen and oxygen atoms in total. The maximum absolute atomic E-state index is 12.5. The number of nitrogens with zero attached hydrogens (tertiary/aromatic N) is 4. The second-order valence-electron chi connectivity index (χ2n) is 8.07. The van der Waals surface area contributed by atoms with E-state index >= 15 is 0 Å². The Balaban J connectivity index is 2.17. The number of carbonyl (C=O) groups is 1. The molecule has 2 aromatic rings. The van der Waals surface area contributed by atoms with Crippen molar-refractivity contribution < 1.29 is 4.79 Å². The molecule has 0 bridgehead atoms. The number of nitrogens with two attached hydrogens (primary N) is 1. The molecule has 1 aliphatic heterocycles. The van der Waals surface area contributed by atoms with Gasteiger partial charge in [0.15, 0.2) is 5.82 Å². The lowest BCUT2D eigenvalue weighted by molar-refractivity contribution is -0.135. The first-order chi connectivity index (χ1) is 12.3. The van der Waals surface area contributed by atoms with E-state index in [1.165, 1.54) is 0 Å². The maximum atomic E-state index is 12.5. The highest BCUT2D eigenvalue weighted by atomic mass is 16.2.